The van der Waals surface area contributed by atoms with Gasteiger partial charge in [0.1, 0.15) is 12.1 Å². The number of rotatable bonds is 15. The van der Waals surface area contributed by atoms with Crippen LogP contribution in [0, 0.1) is 0 Å². The second kappa shape index (κ2) is 28.5. The lowest BCUT2D eigenvalue weighted by Gasteiger charge is -2.16. The Balaban J connectivity index is -0.000000694. The number of methoxy groups -OCH3 is 2. The number of carbonyl (C=O) groups is 6. The number of carboxylic acid groups (broad SMARTS) is 1. The molecule has 0 unspecified atom stereocenters. The molecular weight excluding hydrogens is 656 g/mol. The van der Waals surface area contributed by atoms with Gasteiger partial charge in [0.2, 0.25) is 11.8 Å². The van der Waals surface area contributed by atoms with Gasteiger partial charge in [-0.3, -0.25) is 19.2 Å². The van der Waals surface area contributed by atoms with Crippen molar-refractivity contribution in [3.05, 3.63) is 59.7 Å². The molecule has 0 heterocycles. The first kappa shape index (κ1) is 48.9. The molecule has 0 aromatic heterocycles. The van der Waals surface area contributed by atoms with Crippen LogP contribution in [0.1, 0.15) is 107 Å². The number of benzene rings is 2. The predicted octanol–water partition coefficient (Wildman–Crippen LogP) is 5.96. The van der Waals surface area contributed by atoms with E-state index in [2.05, 4.69) is 34.5 Å². The lowest BCUT2D eigenvalue weighted by molar-refractivity contribution is -0.143. The lowest BCUT2D eigenvalue weighted by atomic mass is 10.1. The third-order valence-corrected chi connectivity index (χ3v) is 6.39. The van der Waals surface area contributed by atoms with Gasteiger partial charge in [0.05, 0.1) is 19.8 Å². The van der Waals surface area contributed by atoms with E-state index in [0.717, 1.165) is 44.9 Å². The number of anilines is 2. The Morgan fingerprint density at radius 3 is 1.61 bits per heavy atom. The molecule has 14 heteroatoms. The third-order valence-electron chi connectivity index (χ3n) is 6.39. The molecule has 2 aromatic rings. The van der Waals surface area contributed by atoms with Crippen LogP contribution >= 0.6 is 12.4 Å². The fraction of sp³-hybridized carbons (Fsp3) is 0.486. The monoisotopic (exact) mass is 710 g/mol. The molecule has 3 amide bonds. The van der Waals surface area contributed by atoms with Gasteiger partial charge in [0.15, 0.2) is 0 Å². The standard InChI is InChI=1S/C17H24N2O4.C9H9NO3.C8H17NO2.CH4.ClH/c1-4-5-6-10-15(17(22)23-3)19-16(21)13-8-7-9-14(11-13)18-12(2)20;1-6(11)10-8-4-2-3-7(5-8)9(12)13;1-3-4-5-6-7(9)8(10)11-2;;/h7-9,11,15H,4-6,10H2,1-3H3,(H,18,20)(H,19,21);2-5H,1H3,(H,10,11)(H,12,13);7H,3-6,9H2,1-2H3;1H4;1H/t15-;;7-;;/m0.0../s1. The van der Waals surface area contributed by atoms with Crippen LogP contribution < -0.4 is 21.7 Å². The summed E-state index contributed by atoms with van der Waals surface area (Å²) in [5.74, 6) is -2.57. The molecular formula is C35H55ClN4O9. The molecule has 0 radical (unpaired) electrons. The van der Waals surface area contributed by atoms with Gasteiger partial charge in [-0.05, 0) is 49.2 Å². The minimum atomic E-state index is -1.01. The second-order valence-corrected chi connectivity index (χ2v) is 10.5. The molecule has 0 aliphatic carbocycles. The number of unbranched alkanes of at least 4 members (excludes halogenated alkanes) is 4. The van der Waals surface area contributed by atoms with Crippen LogP contribution in [0.15, 0.2) is 48.5 Å². The number of halogens is 1. The van der Waals surface area contributed by atoms with Gasteiger partial charge in [0.25, 0.3) is 5.91 Å². The lowest BCUT2D eigenvalue weighted by Crippen LogP contribution is -2.41. The molecule has 2 rings (SSSR count). The zero-order valence-electron chi connectivity index (χ0n) is 28.6. The number of amides is 3. The minimum absolute atomic E-state index is 0. The van der Waals surface area contributed by atoms with Crippen molar-refractivity contribution in [2.24, 2.45) is 5.73 Å². The van der Waals surface area contributed by atoms with E-state index in [0.29, 0.717) is 23.4 Å². The summed E-state index contributed by atoms with van der Waals surface area (Å²) in [6.07, 6.45) is 7.41. The summed E-state index contributed by atoms with van der Waals surface area (Å²) in [6.45, 7) is 6.95. The summed E-state index contributed by atoms with van der Waals surface area (Å²) < 4.78 is 9.22. The topological polar surface area (TPSA) is 203 Å². The largest absolute Gasteiger partial charge is 0.478 e. The van der Waals surface area contributed by atoms with Crippen molar-refractivity contribution in [3.8, 4) is 0 Å². The summed E-state index contributed by atoms with van der Waals surface area (Å²) in [4.78, 5) is 67.1. The van der Waals surface area contributed by atoms with Crippen LogP contribution in [-0.4, -0.2) is 67.0 Å². The van der Waals surface area contributed by atoms with E-state index >= 15 is 0 Å². The molecule has 0 bridgehead atoms. The zero-order valence-corrected chi connectivity index (χ0v) is 29.4. The van der Waals surface area contributed by atoms with Crippen molar-refractivity contribution in [2.75, 3.05) is 24.9 Å². The number of hydrogen-bond donors (Lipinski definition) is 5. The Morgan fingerprint density at radius 1 is 0.735 bits per heavy atom. The fourth-order valence-electron chi connectivity index (χ4n) is 3.99. The Hall–Kier alpha value is -4.49. The van der Waals surface area contributed by atoms with Gasteiger partial charge in [-0.25, -0.2) is 9.59 Å². The number of carbonyl (C=O) groups excluding carboxylic acids is 5. The molecule has 2 aromatic carbocycles. The molecule has 276 valence electrons. The van der Waals surface area contributed by atoms with Gasteiger partial charge in [-0.2, -0.15) is 0 Å². The summed E-state index contributed by atoms with van der Waals surface area (Å²) in [6, 6.07) is 11.6. The van der Waals surface area contributed by atoms with Crippen LogP contribution in [0.5, 0.6) is 0 Å². The van der Waals surface area contributed by atoms with E-state index in [4.69, 9.17) is 15.6 Å². The predicted molar refractivity (Wildman–Crippen MR) is 194 cm³/mol. The van der Waals surface area contributed by atoms with Crippen LogP contribution in [0.2, 0.25) is 0 Å². The first-order valence-corrected chi connectivity index (χ1v) is 15.5. The number of nitrogens with one attached hydrogen (secondary N) is 3. The Morgan fingerprint density at radius 2 is 1.18 bits per heavy atom. The van der Waals surface area contributed by atoms with E-state index < -0.39 is 24.0 Å². The Bertz CT molecular complexity index is 1310. The highest BCUT2D eigenvalue weighted by atomic mass is 35.5. The zero-order chi connectivity index (χ0) is 35.8. The molecule has 0 aliphatic rings. The van der Waals surface area contributed by atoms with Gasteiger partial charge in [0, 0.05) is 30.8 Å². The van der Waals surface area contributed by atoms with Crippen molar-refractivity contribution < 1.29 is 43.3 Å². The van der Waals surface area contributed by atoms with Crippen LogP contribution in [-0.2, 0) is 28.7 Å². The highest BCUT2D eigenvalue weighted by Gasteiger charge is 2.21. The second-order valence-electron chi connectivity index (χ2n) is 10.5. The highest BCUT2D eigenvalue weighted by molar-refractivity contribution is 5.98. The van der Waals surface area contributed by atoms with E-state index in [1.54, 1.807) is 36.4 Å². The van der Waals surface area contributed by atoms with E-state index in [1.807, 2.05) is 0 Å². The van der Waals surface area contributed by atoms with E-state index in [9.17, 15) is 28.8 Å². The summed E-state index contributed by atoms with van der Waals surface area (Å²) in [7, 11) is 2.67. The fourth-order valence-corrected chi connectivity index (χ4v) is 3.99. The average Bonchev–Trinajstić information content (AvgIpc) is 3.03. The molecule has 49 heavy (non-hydrogen) atoms. The molecule has 0 saturated heterocycles. The number of hydrogen-bond acceptors (Lipinski definition) is 9. The quantitative estimate of drug-likeness (QED) is 0.108. The molecule has 0 spiro atoms. The number of esters is 2. The van der Waals surface area contributed by atoms with Gasteiger partial charge < -0.3 is 36.3 Å². The van der Waals surface area contributed by atoms with Gasteiger partial charge in [-0.1, -0.05) is 71.9 Å². The summed E-state index contributed by atoms with van der Waals surface area (Å²) in [5, 5.41) is 16.4. The van der Waals surface area contributed by atoms with Crippen molar-refractivity contribution in [1.82, 2.24) is 5.32 Å². The normalized spacial score (nSPS) is 10.7. The first-order valence-electron chi connectivity index (χ1n) is 15.5. The Labute approximate surface area is 296 Å². The maximum atomic E-state index is 12.3. The molecule has 13 nitrogen and oxygen atoms in total. The number of aromatic carboxylic acids is 1. The maximum absolute atomic E-state index is 12.3. The van der Waals surface area contributed by atoms with E-state index in [1.165, 1.54) is 40.2 Å². The van der Waals surface area contributed by atoms with Crippen LogP contribution in [0.25, 0.3) is 0 Å². The summed E-state index contributed by atoms with van der Waals surface area (Å²) in [5.41, 5.74) is 7.05. The van der Waals surface area contributed by atoms with Crippen molar-refractivity contribution in [3.63, 3.8) is 0 Å². The van der Waals surface area contributed by atoms with E-state index in [-0.39, 0.29) is 49.1 Å². The average molecular weight is 711 g/mol. The van der Waals surface area contributed by atoms with Crippen molar-refractivity contribution in [1.29, 1.82) is 0 Å². The van der Waals surface area contributed by atoms with Crippen LogP contribution in [0.4, 0.5) is 11.4 Å². The number of nitrogens with two attached hydrogens (primary N) is 1. The van der Waals surface area contributed by atoms with Crippen molar-refractivity contribution in [2.45, 2.75) is 98.6 Å². The number of ether oxygens (including phenoxy) is 2. The summed E-state index contributed by atoms with van der Waals surface area (Å²) >= 11 is 0. The van der Waals surface area contributed by atoms with Gasteiger partial charge in [-0.15, -0.1) is 12.4 Å². The molecule has 0 fully saturated rings. The maximum Gasteiger partial charge on any atom is 0.335 e. The highest BCUT2D eigenvalue weighted by Crippen LogP contribution is 2.13. The molecule has 0 saturated carbocycles. The smallest absolute Gasteiger partial charge is 0.335 e. The number of carboxylic acids is 1. The molecule has 2 atom stereocenters. The Kier molecular flexibility index (Phi) is 28.5. The minimum Gasteiger partial charge on any atom is -0.478 e. The third kappa shape index (κ3) is 22.7. The molecule has 0 aliphatic heterocycles. The van der Waals surface area contributed by atoms with Gasteiger partial charge >= 0.3 is 17.9 Å². The first-order chi connectivity index (χ1) is 22.3. The van der Waals surface area contributed by atoms with Crippen LogP contribution in [0.3, 0.4) is 0 Å². The molecule has 6 N–H and O–H groups in total. The van der Waals surface area contributed by atoms with Crippen molar-refractivity contribution >= 4 is 59.4 Å². The SMILES string of the molecule is C.CC(=O)Nc1cccc(C(=O)O)c1.CCCCC[C@H](N)C(=O)OC.CCCCC[C@H](NC(=O)c1cccc(NC(C)=O)c1)C(=O)OC.Cl.